The number of hydrogen-bond acceptors (Lipinski definition) is 6. The Kier molecular flexibility index (Phi) is 6.44. The summed E-state index contributed by atoms with van der Waals surface area (Å²) in [5.41, 5.74) is 0.979. The van der Waals surface area contributed by atoms with Gasteiger partial charge in [0.2, 0.25) is 5.78 Å². The highest BCUT2D eigenvalue weighted by molar-refractivity contribution is 6.31. The maximum atomic E-state index is 13.6. The number of ketones is 1. The number of ether oxygens (including phenoxy) is 2. The fourth-order valence-electron chi connectivity index (χ4n) is 3.98. The Hall–Kier alpha value is -3.29. The lowest BCUT2D eigenvalue weighted by atomic mass is 9.94. The minimum absolute atomic E-state index is 0.00166. The van der Waals surface area contributed by atoms with Gasteiger partial charge in [0.1, 0.15) is 11.3 Å². The number of halogens is 1. The van der Waals surface area contributed by atoms with Gasteiger partial charge in [-0.2, -0.15) is 0 Å². The molecule has 0 bridgehead atoms. The van der Waals surface area contributed by atoms with Crippen LogP contribution in [-0.4, -0.2) is 48.1 Å². The third kappa shape index (κ3) is 4.34. The van der Waals surface area contributed by atoms with Gasteiger partial charge in [-0.1, -0.05) is 29.8 Å². The van der Waals surface area contributed by atoms with E-state index in [1.165, 1.54) is 12.0 Å². The van der Waals surface area contributed by atoms with Crippen molar-refractivity contribution in [3.05, 3.63) is 76.2 Å². The first-order valence-corrected chi connectivity index (χ1v) is 10.9. The van der Waals surface area contributed by atoms with E-state index in [1.807, 2.05) is 13.8 Å². The second kappa shape index (κ2) is 9.29. The molecule has 1 amide bonds. The van der Waals surface area contributed by atoms with Gasteiger partial charge >= 0.3 is 0 Å². The number of carbonyl (C=O) groups excluding carboxylic acids is 2. The Bertz CT molecular complexity index is 1240. The van der Waals surface area contributed by atoms with Crippen LogP contribution in [0.3, 0.4) is 0 Å². The zero-order valence-electron chi connectivity index (χ0n) is 18.5. The number of aliphatic hydroxyl groups is 1. The van der Waals surface area contributed by atoms with Crippen LogP contribution in [0, 0.1) is 0 Å². The summed E-state index contributed by atoms with van der Waals surface area (Å²) < 4.78 is 16.8. The summed E-state index contributed by atoms with van der Waals surface area (Å²) in [6.45, 7) is 4.20. The topological polar surface area (TPSA) is 89.2 Å². The molecule has 2 heterocycles. The first-order valence-electron chi connectivity index (χ1n) is 10.5. The number of furan rings is 1. The lowest BCUT2D eigenvalue weighted by molar-refractivity contribution is -0.130. The maximum Gasteiger partial charge on any atom is 0.290 e. The van der Waals surface area contributed by atoms with Crippen LogP contribution in [0.4, 0.5) is 0 Å². The molecule has 3 aromatic rings. The summed E-state index contributed by atoms with van der Waals surface area (Å²) in [5, 5.41) is 12.0. The van der Waals surface area contributed by atoms with E-state index >= 15 is 0 Å². The van der Waals surface area contributed by atoms with Gasteiger partial charge in [-0.15, -0.1) is 0 Å². The van der Waals surface area contributed by atoms with Gasteiger partial charge in [-0.3, -0.25) is 9.59 Å². The number of methoxy groups -OCH3 is 1. The molecule has 1 atom stereocenters. The van der Waals surface area contributed by atoms with E-state index in [1.54, 1.807) is 48.5 Å². The molecule has 1 unspecified atom stereocenters. The Balaban J connectivity index is 1.78. The van der Waals surface area contributed by atoms with Crippen molar-refractivity contribution in [2.45, 2.75) is 26.0 Å². The Morgan fingerprint density at radius 2 is 1.97 bits per heavy atom. The highest BCUT2D eigenvalue weighted by Gasteiger charge is 2.45. The minimum atomic E-state index is -0.867. The van der Waals surface area contributed by atoms with E-state index in [9.17, 15) is 14.7 Å². The van der Waals surface area contributed by atoms with Crippen molar-refractivity contribution >= 4 is 34.3 Å². The molecule has 0 saturated heterocycles. The van der Waals surface area contributed by atoms with Gasteiger partial charge in [-0.05, 0) is 44.2 Å². The number of carbonyl (C=O) groups is 2. The van der Waals surface area contributed by atoms with Gasteiger partial charge in [0.25, 0.3) is 5.91 Å². The first-order chi connectivity index (χ1) is 15.8. The van der Waals surface area contributed by atoms with Crippen LogP contribution < -0.4 is 4.74 Å². The Morgan fingerprint density at radius 1 is 1.21 bits per heavy atom. The summed E-state index contributed by atoms with van der Waals surface area (Å²) in [7, 11) is 1.51. The van der Waals surface area contributed by atoms with Crippen molar-refractivity contribution < 1.29 is 28.6 Å². The van der Waals surface area contributed by atoms with Crippen molar-refractivity contribution in [3.8, 4) is 5.75 Å². The Morgan fingerprint density at radius 3 is 2.70 bits per heavy atom. The molecule has 1 aliphatic rings. The Labute approximate surface area is 196 Å². The molecule has 7 nitrogen and oxygen atoms in total. The number of Topliss-reactive ketones (excluding diaryl/α,β-unsaturated/α-hetero) is 1. The van der Waals surface area contributed by atoms with E-state index in [4.69, 9.17) is 25.5 Å². The zero-order valence-corrected chi connectivity index (χ0v) is 19.3. The number of rotatable bonds is 8. The van der Waals surface area contributed by atoms with Crippen LogP contribution in [0.25, 0.3) is 11.0 Å². The highest BCUT2D eigenvalue weighted by Crippen LogP contribution is 2.42. The number of nitrogens with zero attached hydrogens (tertiary/aromatic N) is 1. The SMILES string of the molecule is COc1ccccc1C1C(C(=O)c2cc3cc(Cl)ccc3o2)=C(O)C(=O)N1CCOC(C)C. The normalized spacial score (nSPS) is 16.3. The molecule has 4 rings (SSSR count). The summed E-state index contributed by atoms with van der Waals surface area (Å²) in [5.74, 6) is -1.36. The minimum Gasteiger partial charge on any atom is -0.503 e. The van der Waals surface area contributed by atoms with E-state index < -0.39 is 23.5 Å². The molecule has 0 radical (unpaired) electrons. The molecule has 33 heavy (non-hydrogen) atoms. The standard InChI is InChI=1S/C25H24ClNO6/c1-14(2)32-11-10-27-22(17-6-4-5-7-19(17)31-3)21(24(29)25(27)30)23(28)20-13-15-12-16(26)8-9-18(15)33-20/h4-9,12-14,22,29H,10-11H2,1-3H3. The molecule has 1 aliphatic heterocycles. The predicted molar refractivity (Wildman–Crippen MR) is 124 cm³/mol. The van der Waals surface area contributed by atoms with Gasteiger partial charge in [0, 0.05) is 22.5 Å². The number of para-hydroxylation sites is 1. The van der Waals surface area contributed by atoms with E-state index in [0.29, 0.717) is 27.3 Å². The van der Waals surface area contributed by atoms with Gasteiger partial charge in [-0.25, -0.2) is 0 Å². The summed E-state index contributed by atoms with van der Waals surface area (Å²) in [6.07, 6.45) is -0.0301. The van der Waals surface area contributed by atoms with Gasteiger partial charge < -0.3 is 23.9 Å². The molecule has 2 aromatic carbocycles. The number of benzene rings is 2. The second-order valence-corrected chi connectivity index (χ2v) is 8.38. The fourth-order valence-corrected chi connectivity index (χ4v) is 4.16. The molecule has 172 valence electrons. The number of hydrogen-bond donors (Lipinski definition) is 1. The number of fused-ring (bicyclic) bond motifs is 1. The smallest absolute Gasteiger partial charge is 0.290 e. The maximum absolute atomic E-state index is 13.6. The molecular formula is C25H24ClNO6. The molecule has 0 spiro atoms. The van der Waals surface area contributed by atoms with Crippen molar-refractivity contribution in [3.63, 3.8) is 0 Å². The van der Waals surface area contributed by atoms with Crippen LogP contribution in [-0.2, 0) is 9.53 Å². The lowest BCUT2D eigenvalue weighted by Crippen LogP contribution is -2.34. The van der Waals surface area contributed by atoms with Crippen molar-refractivity contribution in [2.24, 2.45) is 0 Å². The van der Waals surface area contributed by atoms with E-state index in [0.717, 1.165) is 0 Å². The molecular weight excluding hydrogens is 446 g/mol. The van der Waals surface area contributed by atoms with Crippen LogP contribution in [0.15, 0.2) is 64.3 Å². The van der Waals surface area contributed by atoms with Crippen LogP contribution in [0.2, 0.25) is 5.02 Å². The summed E-state index contributed by atoms with van der Waals surface area (Å²) >= 11 is 6.05. The molecule has 0 aliphatic carbocycles. The average Bonchev–Trinajstić information content (AvgIpc) is 3.32. The van der Waals surface area contributed by atoms with E-state index in [-0.39, 0.29) is 30.6 Å². The monoisotopic (exact) mass is 469 g/mol. The molecule has 0 saturated carbocycles. The van der Waals surface area contributed by atoms with Crippen molar-refractivity contribution in [2.75, 3.05) is 20.3 Å². The fraction of sp³-hybridized carbons (Fsp3) is 0.280. The first kappa shape index (κ1) is 22.9. The highest BCUT2D eigenvalue weighted by atomic mass is 35.5. The number of aliphatic hydroxyl groups excluding tert-OH is 1. The van der Waals surface area contributed by atoms with Crippen molar-refractivity contribution in [1.82, 2.24) is 4.90 Å². The second-order valence-electron chi connectivity index (χ2n) is 7.95. The largest absolute Gasteiger partial charge is 0.503 e. The third-order valence-electron chi connectivity index (χ3n) is 5.47. The molecule has 8 heteroatoms. The lowest BCUT2D eigenvalue weighted by Gasteiger charge is -2.28. The predicted octanol–water partition coefficient (Wildman–Crippen LogP) is 5.10. The van der Waals surface area contributed by atoms with Gasteiger partial charge in [0.05, 0.1) is 31.4 Å². The molecule has 1 aromatic heterocycles. The summed E-state index contributed by atoms with van der Waals surface area (Å²) in [4.78, 5) is 28.0. The van der Waals surface area contributed by atoms with Gasteiger partial charge in [0.15, 0.2) is 11.5 Å². The summed E-state index contributed by atoms with van der Waals surface area (Å²) in [6, 6.07) is 12.8. The van der Waals surface area contributed by atoms with Crippen LogP contribution in [0.1, 0.15) is 36.0 Å². The van der Waals surface area contributed by atoms with E-state index in [2.05, 4.69) is 0 Å². The van der Waals surface area contributed by atoms with Crippen molar-refractivity contribution in [1.29, 1.82) is 0 Å². The third-order valence-corrected chi connectivity index (χ3v) is 5.70. The quantitative estimate of drug-likeness (QED) is 0.462. The molecule has 1 N–H and O–H groups in total. The van der Waals surface area contributed by atoms with Crippen LogP contribution >= 0.6 is 11.6 Å². The number of amides is 1. The van der Waals surface area contributed by atoms with Crippen LogP contribution in [0.5, 0.6) is 5.75 Å². The average molecular weight is 470 g/mol. The zero-order chi connectivity index (χ0) is 23.7. The molecule has 0 fully saturated rings.